The highest BCUT2D eigenvalue weighted by molar-refractivity contribution is 6.35. The fourth-order valence-electron chi connectivity index (χ4n) is 4.37. The van der Waals surface area contributed by atoms with E-state index in [1.54, 1.807) is 29.2 Å². The van der Waals surface area contributed by atoms with E-state index in [1.807, 2.05) is 61.9 Å². The van der Waals surface area contributed by atoms with Gasteiger partial charge in [-0.1, -0.05) is 29.3 Å². The molecule has 0 amide bonds. The molecule has 2 aromatic heterocycles. The number of halogens is 2. The van der Waals surface area contributed by atoms with Gasteiger partial charge in [0, 0.05) is 23.0 Å². The molecule has 5 rings (SSSR count). The topological polar surface area (TPSA) is 85.3 Å². The van der Waals surface area contributed by atoms with Gasteiger partial charge in [0.25, 0.3) is 0 Å². The molecule has 3 heterocycles. The van der Waals surface area contributed by atoms with Crippen LogP contribution in [0.3, 0.4) is 0 Å². The van der Waals surface area contributed by atoms with Gasteiger partial charge in [-0.15, -0.1) is 0 Å². The van der Waals surface area contributed by atoms with Gasteiger partial charge >= 0.3 is 5.69 Å². The Balaban J connectivity index is 1.30. The number of benzene rings is 2. The van der Waals surface area contributed by atoms with Crippen molar-refractivity contribution in [3.63, 3.8) is 0 Å². The molecule has 0 aliphatic carbocycles. The van der Waals surface area contributed by atoms with E-state index < -0.39 is 5.79 Å². The van der Waals surface area contributed by atoms with Crippen LogP contribution in [0.25, 0.3) is 5.69 Å². The Labute approximate surface area is 224 Å². The first-order valence-electron chi connectivity index (χ1n) is 11.9. The monoisotopic (exact) mass is 543 g/mol. The zero-order chi connectivity index (χ0) is 26.2. The van der Waals surface area contributed by atoms with Gasteiger partial charge in [0.2, 0.25) is 5.79 Å². The number of ether oxygens (including phenoxy) is 3. The zero-order valence-electron chi connectivity index (χ0n) is 20.7. The highest BCUT2D eigenvalue weighted by Gasteiger charge is 2.45. The van der Waals surface area contributed by atoms with Gasteiger partial charge in [0.15, 0.2) is 0 Å². The molecule has 2 atom stereocenters. The molecule has 0 spiro atoms. The van der Waals surface area contributed by atoms with E-state index in [0.29, 0.717) is 40.3 Å². The summed E-state index contributed by atoms with van der Waals surface area (Å²) in [6.07, 6.45) is 4.88. The van der Waals surface area contributed by atoms with Crippen LogP contribution in [0.4, 0.5) is 0 Å². The number of rotatable bonds is 8. The van der Waals surface area contributed by atoms with Gasteiger partial charge in [0.05, 0.1) is 36.2 Å². The molecule has 37 heavy (non-hydrogen) atoms. The number of hydrogen-bond acceptors (Lipinski definition) is 6. The smallest absolute Gasteiger partial charge is 0.350 e. The zero-order valence-corrected chi connectivity index (χ0v) is 22.2. The lowest BCUT2D eigenvalue weighted by atomic mass is 10.1. The third kappa shape index (κ3) is 5.17. The van der Waals surface area contributed by atoms with Crippen molar-refractivity contribution in [3.05, 3.63) is 93.1 Å². The lowest BCUT2D eigenvalue weighted by molar-refractivity contribution is -0.189. The van der Waals surface area contributed by atoms with Crippen LogP contribution in [-0.2, 0) is 21.8 Å². The average molecular weight is 544 g/mol. The minimum absolute atomic E-state index is 0.0210. The summed E-state index contributed by atoms with van der Waals surface area (Å²) in [6.45, 7) is 6.60. The minimum atomic E-state index is -1.12. The summed E-state index contributed by atoms with van der Waals surface area (Å²) in [6, 6.07) is 12.5. The van der Waals surface area contributed by atoms with E-state index in [9.17, 15) is 4.79 Å². The first-order chi connectivity index (χ1) is 17.8. The molecule has 9 nitrogen and oxygen atoms in total. The molecule has 0 saturated carbocycles. The van der Waals surface area contributed by atoms with Crippen molar-refractivity contribution in [2.24, 2.45) is 0 Å². The van der Waals surface area contributed by atoms with E-state index in [2.05, 4.69) is 10.1 Å². The predicted octanol–water partition coefficient (Wildman–Crippen LogP) is 4.77. The molecule has 11 heteroatoms. The van der Waals surface area contributed by atoms with E-state index in [0.717, 1.165) is 5.69 Å². The third-order valence-corrected chi connectivity index (χ3v) is 6.68. The quantitative estimate of drug-likeness (QED) is 0.318. The molecule has 1 aliphatic rings. The number of nitrogens with zero attached hydrogens (tertiary/aromatic N) is 5. The maximum absolute atomic E-state index is 12.7. The number of hydrogen-bond donors (Lipinski definition) is 0. The maximum atomic E-state index is 12.7. The van der Waals surface area contributed by atoms with Gasteiger partial charge in [-0.2, -0.15) is 5.10 Å². The van der Waals surface area contributed by atoms with E-state index in [4.69, 9.17) is 37.4 Å². The Morgan fingerprint density at radius 3 is 2.62 bits per heavy atom. The SMILES string of the molecule is Cc1nn(C(C)C)c(=O)n1-c1ccc(OCC2COC(Cn3ccnc3)(c3ccc(Cl)cc3Cl)O2)cc1. The standard InChI is InChI=1S/C26H27Cl2N5O4/c1-17(2)33-25(34)32(18(3)30-33)20-5-7-21(8-6-20)35-13-22-14-36-26(37-22,15-31-11-10-29-16-31)23-9-4-19(27)12-24(23)28/h4-12,16-17,22H,13-15H2,1-3H3. The van der Waals surface area contributed by atoms with Crippen molar-refractivity contribution in [1.29, 1.82) is 0 Å². The van der Waals surface area contributed by atoms with Crippen LogP contribution >= 0.6 is 23.2 Å². The van der Waals surface area contributed by atoms with Gasteiger partial charge < -0.3 is 18.8 Å². The van der Waals surface area contributed by atoms with Crippen molar-refractivity contribution in [2.45, 2.75) is 45.2 Å². The highest BCUT2D eigenvalue weighted by Crippen LogP contribution is 2.40. The van der Waals surface area contributed by atoms with Crippen molar-refractivity contribution in [3.8, 4) is 11.4 Å². The lowest BCUT2D eigenvalue weighted by Gasteiger charge is -2.30. The molecule has 1 fully saturated rings. The second-order valence-electron chi connectivity index (χ2n) is 9.17. The summed E-state index contributed by atoms with van der Waals surface area (Å²) >= 11 is 12.7. The molecular formula is C26H27Cl2N5O4. The molecule has 0 radical (unpaired) electrons. The van der Waals surface area contributed by atoms with Crippen LogP contribution in [0.5, 0.6) is 5.75 Å². The number of aromatic nitrogens is 5. The second-order valence-corrected chi connectivity index (χ2v) is 10.0. The predicted molar refractivity (Wildman–Crippen MR) is 140 cm³/mol. The minimum Gasteiger partial charge on any atom is -0.491 e. The molecule has 0 bridgehead atoms. The summed E-state index contributed by atoms with van der Waals surface area (Å²) in [5.74, 6) is 0.153. The molecule has 0 N–H and O–H groups in total. The summed E-state index contributed by atoms with van der Waals surface area (Å²) < 4.78 is 23.6. The van der Waals surface area contributed by atoms with Gasteiger partial charge in [-0.25, -0.2) is 19.0 Å². The molecule has 1 saturated heterocycles. The van der Waals surface area contributed by atoms with Crippen LogP contribution in [0.2, 0.25) is 10.0 Å². The number of aryl methyl sites for hydroxylation is 1. The normalized spacial score (nSPS) is 19.6. The fourth-order valence-corrected chi connectivity index (χ4v) is 4.93. The van der Waals surface area contributed by atoms with Crippen LogP contribution in [0, 0.1) is 6.92 Å². The van der Waals surface area contributed by atoms with Crippen LogP contribution in [0.15, 0.2) is 66.0 Å². The summed E-state index contributed by atoms with van der Waals surface area (Å²) in [4.78, 5) is 16.8. The Kier molecular flexibility index (Phi) is 7.13. The van der Waals surface area contributed by atoms with Crippen molar-refractivity contribution in [1.82, 2.24) is 23.9 Å². The molecule has 1 aliphatic heterocycles. The van der Waals surface area contributed by atoms with E-state index >= 15 is 0 Å². The number of imidazole rings is 1. The molecule has 2 unspecified atom stereocenters. The second kappa shape index (κ2) is 10.3. The van der Waals surface area contributed by atoms with Crippen molar-refractivity contribution >= 4 is 23.2 Å². The summed E-state index contributed by atoms with van der Waals surface area (Å²) in [5, 5.41) is 5.34. The van der Waals surface area contributed by atoms with Gasteiger partial charge in [-0.05, 0) is 57.2 Å². The molecular weight excluding hydrogens is 517 g/mol. The average Bonchev–Trinajstić information content (AvgIpc) is 3.59. The first kappa shape index (κ1) is 25.5. The molecule has 2 aromatic carbocycles. The Bertz CT molecular complexity index is 1430. The Hall–Kier alpha value is -3.11. The van der Waals surface area contributed by atoms with Crippen LogP contribution in [-0.4, -0.2) is 43.2 Å². The lowest BCUT2D eigenvalue weighted by Crippen LogP contribution is -2.34. The van der Waals surface area contributed by atoms with Crippen molar-refractivity contribution < 1.29 is 14.2 Å². The maximum Gasteiger partial charge on any atom is 0.350 e. The molecule has 194 valence electrons. The van der Waals surface area contributed by atoms with Crippen LogP contribution < -0.4 is 10.4 Å². The summed E-state index contributed by atoms with van der Waals surface area (Å²) in [7, 11) is 0. The third-order valence-electron chi connectivity index (χ3n) is 6.13. The van der Waals surface area contributed by atoms with Gasteiger partial charge in [-0.3, -0.25) is 0 Å². The van der Waals surface area contributed by atoms with Crippen LogP contribution in [0.1, 0.15) is 31.3 Å². The largest absolute Gasteiger partial charge is 0.491 e. The van der Waals surface area contributed by atoms with E-state index in [-0.39, 0.29) is 24.4 Å². The highest BCUT2D eigenvalue weighted by atomic mass is 35.5. The fraction of sp³-hybridized carbons (Fsp3) is 0.346. The first-order valence-corrected chi connectivity index (χ1v) is 12.7. The van der Waals surface area contributed by atoms with E-state index in [1.165, 1.54) is 4.68 Å². The molecule has 4 aromatic rings. The Morgan fingerprint density at radius 1 is 1.19 bits per heavy atom. The van der Waals surface area contributed by atoms with Gasteiger partial charge in [0.1, 0.15) is 24.3 Å². The summed E-state index contributed by atoms with van der Waals surface area (Å²) in [5.41, 5.74) is 1.23. The van der Waals surface area contributed by atoms with Crippen molar-refractivity contribution in [2.75, 3.05) is 13.2 Å². The Morgan fingerprint density at radius 2 is 1.97 bits per heavy atom.